The number of carbonyl (C=O) groups excluding carboxylic acids is 1. The van der Waals surface area contributed by atoms with Crippen LogP contribution in [0.4, 0.5) is 4.79 Å². The minimum atomic E-state index is -0.781. The van der Waals surface area contributed by atoms with E-state index in [4.69, 9.17) is 5.11 Å². The Bertz CT molecular complexity index is 489. The van der Waals surface area contributed by atoms with Gasteiger partial charge in [-0.25, -0.2) is 4.79 Å². The first-order chi connectivity index (χ1) is 9.96. The zero-order chi connectivity index (χ0) is 14.8. The molecule has 0 aromatic carbocycles. The maximum absolute atomic E-state index is 12.6. The molecule has 116 valence electrons. The quantitative estimate of drug-likeness (QED) is 0.723. The van der Waals surface area contributed by atoms with E-state index in [0.717, 1.165) is 45.4 Å². The van der Waals surface area contributed by atoms with Crippen LogP contribution in [-0.2, 0) is 4.79 Å². The molecule has 7 nitrogen and oxygen atoms in total. The van der Waals surface area contributed by atoms with E-state index in [9.17, 15) is 9.59 Å². The molecule has 0 spiro atoms. The summed E-state index contributed by atoms with van der Waals surface area (Å²) in [6.07, 6.45) is 2.80. The molecule has 0 unspecified atom stereocenters. The Morgan fingerprint density at radius 2 is 2.19 bits per heavy atom. The van der Waals surface area contributed by atoms with Crippen molar-refractivity contribution < 1.29 is 14.7 Å². The average Bonchev–Trinajstić information content (AvgIpc) is 2.64. The van der Waals surface area contributed by atoms with Crippen molar-refractivity contribution in [3.8, 4) is 0 Å². The average molecular weight is 294 g/mol. The number of rotatable bonds is 4. The molecule has 2 saturated heterocycles. The first-order valence-electron chi connectivity index (χ1n) is 7.68. The van der Waals surface area contributed by atoms with Crippen molar-refractivity contribution in [1.82, 2.24) is 20.0 Å². The highest BCUT2D eigenvalue weighted by molar-refractivity contribution is 5.79. The highest BCUT2D eigenvalue weighted by Crippen LogP contribution is 2.66. The third-order valence-electron chi connectivity index (χ3n) is 5.95. The SMILES string of the molecule is CN(CC(=O)O)C12CC(N3C[C@@H]4CNCCN4C3=O)(C1)C2. The molecule has 5 fully saturated rings. The van der Waals surface area contributed by atoms with Crippen LogP contribution in [0.1, 0.15) is 19.3 Å². The smallest absolute Gasteiger partial charge is 0.320 e. The van der Waals surface area contributed by atoms with Crippen molar-refractivity contribution in [1.29, 1.82) is 0 Å². The molecule has 0 radical (unpaired) electrons. The van der Waals surface area contributed by atoms with Crippen molar-refractivity contribution in [3.63, 3.8) is 0 Å². The summed E-state index contributed by atoms with van der Waals surface area (Å²) in [6.45, 7) is 3.49. The highest BCUT2D eigenvalue weighted by Gasteiger charge is 2.73. The maximum atomic E-state index is 12.6. The number of hydrogen-bond donors (Lipinski definition) is 2. The van der Waals surface area contributed by atoms with Crippen LogP contribution in [0.5, 0.6) is 0 Å². The topological polar surface area (TPSA) is 76.1 Å². The van der Waals surface area contributed by atoms with Gasteiger partial charge in [0.05, 0.1) is 18.1 Å². The van der Waals surface area contributed by atoms with E-state index in [1.807, 2.05) is 16.8 Å². The molecule has 3 aliphatic carbocycles. The minimum Gasteiger partial charge on any atom is -0.480 e. The number of aliphatic carboxylic acids is 1. The molecule has 5 aliphatic rings. The van der Waals surface area contributed by atoms with Gasteiger partial charge in [0.25, 0.3) is 0 Å². The number of urea groups is 1. The summed E-state index contributed by atoms with van der Waals surface area (Å²) in [4.78, 5) is 29.5. The molecule has 2 heterocycles. The van der Waals surface area contributed by atoms with Gasteiger partial charge in [-0.1, -0.05) is 0 Å². The number of likely N-dealkylation sites (N-methyl/N-ethyl adjacent to an activating group) is 1. The number of piperazine rings is 1. The van der Waals surface area contributed by atoms with Gasteiger partial charge in [-0.3, -0.25) is 9.69 Å². The number of nitrogens with one attached hydrogen (secondary N) is 1. The van der Waals surface area contributed by atoms with Crippen molar-refractivity contribution in [2.45, 2.75) is 36.4 Å². The number of carboxylic acid groups (broad SMARTS) is 1. The van der Waals surface area contributed by atoms with E-state index in [1.165, 1.54) is 0 Å². The molecule has 0 aromatic rings. The molecule has 0 aromatic heterocycles. The predicted molar refractivity (Wildman–Crippen MR) is 75.0 cm³/mol. The number of amides is 2. The second kappa shape index (κ2) is 4.10. The summed E-state index contributed by atoms with van der Waals surface area (Å²) >= 11 is 0. The Balaban J connectivity index is 1.42. The summed E-state index contributed by atoms with van der Waals surface area (Å²) < 4.78 is 0. The fourth-order valence-electron chi connectivity index (χ4n) is 4.76. The lowest BCUT2D eigenvalue weighted by molar-refractivity contribution is -0.211. The maximum Gasteiger partial charge on any atom is 0.320 e. The molecule has 7 heteroatoms. The molecule has 2 N–H and O–H groups in total. The molecule has 21 heavy (non-hydrogen) atoms. The van der Waals surface area contributed by atoms with Gasteiger partial charge in [0.1, 0.15) is 0 Å². The zero-order valence-corrected chi connectivity index (χ0v) is 12.3. The fraction of sp³-hybridized carbons (Fsp3) is 0.857. The van der Waals surface area contributed by atoms with Gasteiger partial charge in [0.2, 0.25) is 0 Å². The van der Waals surface area contributed by atoms with E-state index in [1.54, 1.807) is 0 Å². The zero-order valence-electron chi connectivity index (χ0n) is 12.3. The number of hydrogen-bond acceptors (Lipinski definition) is 4. The Morgan fingerprint density at radius 3 is 2.81 bits per heavy atom. The first-order valence-corrected chi connectivity index (χ1v) is 7.68. The van der Waals surface area contributed by atoms with Gasteiger partial charge in [-0.2, -0.15) is 0 Å². The van der Waals surface area contributed by atoms with Crippen LogP contribution >= 0.6 is 0 Å². The van der Waals surface area contributed by atoms with Crippen LogP contribution < -0.4 is 5.32 Å². The Kier molecular flexibility index (Phi) is 2.60. The largest absolute Gasteiger partial charge is 0.480 e. The molecule has 2 amide bonds. The Morgan fingerprint density at radius 1 is 1.48 bits per heavy atom. The lowest BCUT2D eigenvalue weighted by Gasteiger charge is -2.75. The van der Waals surface area contributed by atoms with E-state index >= 15 is 0 Å². The van der Waals surface area contributed by atoms with Crippen LogP contribution in [0, 0.1) is 0 Å². The monoisotopic (exact) mass is 294 g/mol. The van der Waals surface area contributed by atoms with Crippen LogP contribution in [0.2, 0.25) is 0 Å². The number of carboxylic acids is 1. The van der Waals surface area contributed by atoms with Gasteiger partial charge in [-0.15, -0.1) is 0 Å². The van der Waals surface area contributed by atoms with E-state index < -0.39 is 5.97 Å². The second-order valence-electron chi connectivity index (χ2n) is 7.17. The van der Waals surface area contributed by atoms with Crippen LogP contribution in [0.25, 0.3) is 0 Å². The molecular weight excluding hydrogens is 272 g/mol. The van der Waals surface area contributed by atoms with Crippen molar-refractivity contribution in [2.75, 3.05) is 39.8 Å². The molecule has 3 saturated carbocycles. The summed E-state index contributed by atoms with van der Waals surface area (Å²) in [5.74, 6) is -0.781. The van der Waals surface area contributed by atoms with Crippen molar-refractivity contribution in [2.24, 2.45) is 0 Å². The Hall–Kier alpha value is -1.34. The lowest BCUT2D eigenvalue weighted by Crippen LogP contribution is -2.83. The normalized spacial score (nSPS) is 40.9. The van der Waals surface area contributed by atoms with E-state index in [2.05, 4.69) is 10.2 Å². The number of nitrogens with zero attached hydrogens (tertiary/aromatic N) is 3. The summed E-state index contributed by atoms with van der Waals surface area (Å²) in [6, 6.07) is 0.503. The third-order valence-corrected chi connectivity index (χ3v) is 5.95. The van der Waals surface area contributed by atoms with E-state index in [-0.39, 0.29) is 23.7 Å². The van der Waals surface area contributed by atoms with Gasteiger partial charge in [0, 0.05) is 31.7 Å². The standard InChI is InChI=1S/C14H22N4O3/c1-16(6-11(19)20)13-7-14(8-13,9-13)18-5-10-4-15-2-3-17(10)12(18)21/h10,15H,2-9H2,1H3,(H,19,20)/t10-,13?,14?/m0/s1. The number of fused-ring (bicyclic) bond motifs is 1. The van der Waals surface area contributed by atoms with E-state index in [0.29, 0.717) is 6.04 Å². The minimum absolute atomic E-state index is 0.0151. The Labute approximate surface area is 123 Å². The molecule has 2 bridgehead atoms. The lowest BCUT2D eigenvalue weighted by atomic mass is 9.43. The number of carbonyl (C=O) groups is 2. The first kappa shape index (κ1) is 13.3. The van der Waals surface area contributed by atoms with Gasteiger partial charge in [0.15, 0.2) is 0 Å². The third kappa shape index (κ3) is 1.67. The second-order valence-corrected chi connectivity index (χ2v) is 7.17. The highest BCUT2D eigenvalue weighted by atomic mass is 16.4. The van der Waals surface area contributed by atoms with Gasteiger partial charge >= 0.3 is 12.0 Å². The van der Waals surface area contributed by atoms with Crippen LogP contribution in [0.3, 0.4) is 0 Å². The molecule has 1 atom stereocenters. The summed E-state index contributed by atoms with van der Waals surface area (Å²) in [5, 5.41) is 12.3. The molecule has 2 aliphatic heterocycles. The summed E-state index contributed by atoms with van der Waals surface area (Å²) in [5.41, 5.74) is 0.0429. The molecule has 5 rings (SSSR count). The van der Waals surface area contributed by atoms with Crippen LogP contribution in [0.15, 0.2) is 0 Å². The molecular formula is C14H22N4O3. The van der Waals surface area contributed by atoms with Gasteiger partial charge in [-0.05, 0) is 26.3 Å². The van der Waals surface area contributed by atoms with Crippen molar-refractivity contribution >= 4 is 12.0 Å². The van der Waals surface area contributed by atoms with Crippen LogP contribution in [-0.4, -0.2) is 88.7 Å². The fourth-order valence-corrected chi connectivity index (χ4v) is 4.76. The predicted octanol–water partition coefficient (Wildman–Crippen LogP) is -0.613. The van der Waals surface area contributed by atoms with Gasteiger partial charge < -0.3 is 20.2 Å². The summed E-state index contributed by atoms with van der Waals surface area (Å²) in [7, 11) is 1.89. The van der Waals surface area contributed by atoms with Crippen molar-refractivity contribution in [3.05, 3.63) is 0 Å².